The van der Waals surface area contributed by atoms with Gasteiger partial charge in [-0.2, -0.15) is 4.98 Å². The van der Waals surface area contributed by atoms with Crippen molar-refractivity contribution < 1.29 is 13.8 Å². The van der Waals surface area contributed by atoms with Gasteiger partial charge in [-0.3, -0.25) is 9.78 Å². The first-order valence-corrected chi connectivity index (χ1v) is 9.55. The molecule has 1 saturated heterocycles. The van der Waals surface area contributed by atoms with Crippen LogP contribution < -0.4 is 0 Å². The van der Waals surface area contributed by atoms with Crippen LogP contribution in [-0.2, 0) is 16.6 Å². The number of aromatic nitrogens is 4. The SMILES string of the molecule is CC1(c2noc(-c3cccnc3)n2)CCN(C(=O)CCc2cc(Cl)no2)CC1. The molecule has 0 atom stereocenters. The van der Waals surface area contributed by atoms with Gasteiger partial charge in [0.25, 0.3) is 5.89 Å². The van der Waals surface area contributed by atoms with Crippen molar-refractivity contribution in [1.82, 2.24) is 25.2 Å². The van der Waals surface area contributed by atoms with Crippen molar-refractivity contribution in [1.29, 1.82) is 0 Å². The molecule has 28 heavy (non-hydrogen) atoms. The first kappa shape index (κ1) is 18.6. The summed E-state index contributed by atoms with van der Waals surface area (Å²) >= 11 is 5.73. The summed E-state index contributed by atoms with van der Waals surface area (Å²) in [7, 11) is 0. The van der Waals surface area contributed by atoms with Gasteiger partial charge in [-0.05, 0) is 25.0 Å². The van der Waals surface area contributed by atoms with E-state index in [4.69, 9.17) is 20.6 Å². The van der Waals surface area contributed by atoms with E-state index in [0.717, 1.165) is 18.4 Å². The lowest BCUT2D eigenvalue weighted by Gasteiger charge is -2.37. The molecule has 0 saturated carbocycles. The number of nitrogens with zero attached hydrogens (tertiary/aromatic N) is 5. The van der Waals surface area contributed by atoms with Crippen LogP contribution in [0.15, 0.2) is 39.6 Å². The molecule has 9 heteroatoms. The Hall–Kier alpha value is -2.74. The van der Waals surface area contributed by atoms with Crippen LogP contribution in [-0.4, -0.2) is 44.2 Å². The molecule has 1 fully saturated rings. The highest BCUT2D eigenvalue weighted by molar-refractivity contribution is 6.29. The maximum Gasteiger partial charge on any atom is 0.259 e. The Kier molecular flexibility index (Phi) is 5.13. The predicted octanol–water partition coefficient (Wildman–Crippen LogP) is 3.29. The second-order valence-corrected chi connectivity index (χ2v) is 7.61. The third kappa shape index (κ3) is 3.91. The monoisotopic (exact) mass is 401 g/mol. The number of hydrogen-bond donors (Lipinski definition) is 0. The van der Waals surface area contributed by atoms with E-state index < -0.39 is 0 Å². The molecule has 4 rings (SSSR count). The zero-order valence-corrected chi connectivity index (χ0v) is 16.2. The van der Waals surface area contributed by atoms with Crippen molar-refractivity contribution in [3.8, 4) is 11.5 Å². The Labute approximate surface area is 166 Å². The Morgan fingerprint density at radius 2 is 2.11 bits per heavy atom. The van der Waals surface area contributed by atoms with Gasteiger partial charge < -0.3 is 13.9 Å². The van der Waals surface area contributed by atoms with E-state index in [-0.39, 0.29) is 11.3 Å². The van der Waals surface area contributed by atoms with E-state index in [1.807, 2.05) is 17.0 Å². The largest absolute Gasteiger partial charge is 0.360 e. The van der Waals surface area contributed by atoms with Gasteiger partial charge in [0.15, 0.2) is 11.0 Å². The second-order valence-electron chi connectivity index (χ2n) is 7.22. The van der Waals surface area contributed by atoms with Crippen molar-refractivity contribution in [2.75, 3.05) is 13.1 Å². The summed E-state index contributed by atoms with van der Waals surface area (Å²) in [4.78, 5) is 23.0. The molecule has 0 bridgehead atoms. The third-order valence-electron chi connectivity index (χ3n) is 5.21. The standard InChI is InChI=1S/C19H20ClN5O3/c1-19(18-22-17(28-24-18)13-3-2-8-21-12-13)6-9-25(10-7-19)16(26)5-4-14-11-15(20)23-27-14/h2-3,8,11-12H,4-7,9-10H2,1H3. The zero-order valence-electron chi connectivity index (χ0n) is 15.5. The summed E-state index contributed by atoms with van der Waals surface area (Å²) in [5, 5.41) is 8.12. The highest BCUT2D eigenvalue weighted by atomic mass is 35.5. The fraction of sp³-hybridized carbons (Fsp3) is 0.421. The fourth-order valence-corrected chi connectivity index (χ4v) is 3.50. The minimum atomic E-state index is -0.223. The molecular formula is C19H20ClN5O3. The predicted molar refractivity (Wildman–Crippen MR) is 101 cm³/mol. The number of likely N-dealkylation sites (tertiary alicyclic amines) is 1. The van der Waals surface area contributed by atoms with E-state index in [9.17, 15) is 4.79 Å². The van der Waals surface area contributed by atoms with Crippen LogP contribution in [0, 0.1) is 0 Å². The normalized spacial score (nSPS) is 16.3. The van der Waals surface area contributed by atoms with Crippen LogP contribution in [0.25, 0.3) is 11.5 Å². The smallest absolute Gasteiger partial charge is 0.259 e. The topological polar surface area (TPSA) is 98.2 Å². The average Bonchev–Trinajstić information content (AvgIpc) is 3.37. The molecule has 0 N–H and O–H groups in total. The number of carbonyl (C=O) groups is 1. The molecule has 146 valence electrons. The number of hydrogen-bond acceptors (Lipinski definition) is 7. The van der Waals surface area contributed by atoms with Gasteiger partial charge in [0.1, 0.15) is 5.76 Å². The van der Waals surface area contributed by atoms with Crippen molar-refractivity contribution >= 4 is 17.5 Å². The van der Waals surface area contributed by atoms with Gasteiger partial charge in [-0.25, -0.2) is 0 Å². The van der Waals surface area contributed by atoms with Crippen molar-refractivity contribution in [3.05, 3.63) is 47.3 Å². The summed E-state index contributed by atoms with van der Waals surface area (Å²) in [5.41, 5.74) is 0.573. The fourth-order valence-electron chi connectivity index (χ4n) is 3.34. The van der Waals surface area contributed by atoms with Crippen LogP contribution >= 0.6 is 11.6 Å². The van der Waals surface area contributed by atoms with E-state index >= 15 is 0 Å². The number of amides is 1. The van der Waals surface area contributed by atoms with E-state index in [2.05, 4.69) is 27.2 Å². The van der Waals surface area contributed by atoms with E-state index in [1.54, 1.807) is 18.5 Å². The molecule has 1 amide bonds. The number of piperidine rings is 1. The first-order valence-electron chi connectivity index (χ1n) is 9.17. The number of halogens is 1. The third-order valence-corrected chi connectivity index (χ3v) is 5.39. The van der Waals surface area contributed by atoms with Gasteiger partial charge in [0, 0.05) is 49.8 Å². The summed E-state index contributed by atoms with van der Waals surface area (Å²) in [6.45, 7) is 3.43. The van der Waals surface area contributed by atoms with Gasteiger partial charge in [0.05, 0.1) is 5.56 Å². The van der Waals surface area contributed by atoms with E-state index in [1.165, 1.54) is 0 Å². The molecule has 0 spiro atoms. The lowest BCUT2D eigenvalue weighted by atomic mass is 9.79. The maximum atomic E-state index is 12.5. The van der Waals surface area contributed by atoms with Crippen LogP contribution in [0.1, 0.15) is 37.8 Å². The molecule has 1 aliphatic heterocycles. The van der Waals surface area contributed by atoms with Crippen molar-refractivity contribution in [2.45, 2.75) is 38.0 Å². The molecular weight excluding hydrogens is 382 g/mol. The quantitative estimate of drug-likeness (QED) is 0.646. The summed E-state index contributed by atoms with van der Waals surface area (Å²) < 4.78 is 10.5. The number of pyridine rings is 1. The van der Waals surface area contributed by atoms with Crippen LogP contribution in [0.5, 0.6) is 0 Å². The molecule has 3 aromatic heterocycles. The molecule has 0 aliphatic carbocycles. The molecule has 3 aromatic rings. The van der Waals surface area contributed by atoms with Gasteiger partial charge in [0.2, 0.25) is 5.91 Å². The van der Waals surface area contributed by atoms with Crippen molar-refractivity contribution in [2.24, 2.45) is 0 Å². The Bertz CT molecular complexity index is 947. The minimum Gasteiger partial charge on any atom is -0.360 e. The van der Waals surface area contributed by atoms with Gasteiger partial charge in [-0.1, -0.05) is 28.8 Å². The summed E-state index contributed by atoms with van der Waals surface area (Å²) in [6, 6.07) is 5.35. The molecule has 1 aliphatic rings. The van der Waals surface area contributed by atoms with Crippen molar-refractivity contribution in [3.63, 3.8) is 0 Å². The first-order chi connectivity index (χ1) is 13.5. The van der Waals surface area contributed by atoms with Crippen LogP contribution in [0.2, 0.25) is 5.15 Å². The van der Waals surface area contributed by atoms with Crippen LogP contribution in [0.3, 0.4) is 0 Å². The zero-order chi connectivity index (χ0) is 19.6. The number of carbonyl (C=O) groups excluding carboxylic acids is 1. The molecule has 8 nitrogen and oxygen atoms in total. The van der Waals surface area contributed by atoms with Gasteiger partial charge in [-0.15, -0.1) is 0 Å². The lowest BCUT2D eigenvalue weighted by Crippen LogP contribution is -2.44. The number of rotatable bonds is 5. The molecule has 0 radical (unpaired) electrons. The van der Waals surface area contributed by atoms with Gasteiger partial charge >= 0.3 is 0 Å². The average molecular weight is 402 g/mol. The Morgan fingerprint density at radius 3 is 2.79 bits per heavy atom. The highest BCUT2D eigenvalue weighted by Gasteiger charge is 2.37. The van der Waals surface area contributed by atoms with E-state index in [0.29, 0.717) is 48.6 Å². The molecule has 0 unspecified atom stereocenters. The minimum absolute atomic E-state index is 0.0960. The number of aryl methyl sites for hydroxylation is 1. The molecule has 4 heterocycles. The van der Waals surface area contributed by atoms with Crippen LogP contribution in [0.4, 0.5) is 0 Å². The maximum absolute atomic E-state index is 12.5. The summed E-state index contributed by atoms with van der Waals surface area (Å²) in [5.74, 6) is 1.86. The summed E-state index contributed by atoms with van der Waals surface area (Å²) in [6.07, 6.45) is 5.81. The Balaban J connectivity index is 1.35. The second kappa shape index (κ2) is 7.71. The lowest BCUT2D eigenvalue weighted by molar-refractivity contribution is -0.132. The highest BCUT2D eigenvalue weighted by Crippen LogP contribution is 2.34. The Morgan fingerprint density at radius 1 is 1.29 bits per heavy atom. The molecule has 0 aromatic carbocycles.